The number of hydrogen-bond donors (Lipinski definition) is 1. The fourth-order valence-corrected chi connectivity index (χ4v) is 4.31. The van der Waals surface area contributed by atoms with Crippen molar-refractivity contribution in [3.63, 3.8) is 0 Å². The molecule has 0 radical (unpaired) electrons. The van der Waals surface area contributed by atoms with Crippen LogP contribution in [0.4, 0.5) is 5.82 Å². The van der Waals surface area contributed by atoms with Crippen LogP contribution in [-0.2, 0) is 0 Å². The third-order valence-electron chi connectivity index (χ3n) is 5.07. The fraction of sp³-hybridized carbons (Fsp3) is 0.120. The summed E-state index contributed by atoms with van der Waals surface area (Å²) in [5, 5.41) is 10.2. The average Bonchev–Trinajstić information content (AvgIpc) is 3.46. The number of amides is 1. The van der Waals surface area contributed by atoms with Crippen LogP contribution in [0.25, 0.3) is 27.4 Å². The molecular weight excluding hydrogens is 452 g/mol. The van der Waals surface area contributed by atoms with Gasteiger partial charge in [0.25, 0.3) is 5.91 Å². The Morgan fingerprint density at radius 1 is 1.15 bits per heavy atom. The first-order chi connectivity index (χ1) is 16.5. The summed E-state index contributed by atoms with van der Waals surface area (Å²) >= 11 is 1.40. The number of aromatic nitrogens is 3. The van der Waals surface area contributed by atoms with Gasteiger partial charge in [-0.2, -0.15) is 9.78 Å². The van der Waals surface area contributed by atoms with Gasteiger partial charge < -0.3 is 14.5 Å². The van der Waals surface area contributed by atoms with Crippen LogP contribution in [0.2, 0.25) is 0 Å². The second kappa shape index (κ2) is 8.95. The van der Waals surface area contributed by atoms with Gasteiger partial charge in [-0.15, -0.1) is 11.3 Å². The van der Waals surface area contributed by atoms with Crippen LogP contribution in [0.3, 0.4) is 0 Å². The molecule has 2 aromatic carbocycles. The van der Waals surface area contributed by atoms with Crippen LogP contribution in [0.1, 0.15) is 23.2 Å². The summed E-state index contributed by atoms with van der Waals surface area (Å²) in [6.07, 6.45) is 0. The monoisotopic (exact) mass is 472 g/mol. The Morgan fingerprint density at radius 3 is 2.74 bits per heavy atom. The van der Waals surface area contributed by atoms with Crippen molar-refractivity contribution in [3.05, 3.63) is 87.7 Å². The second-order valence-corrected chi connectivity index (χ2v) is 8.32. The largest absolute Gasteiger partial charge is 0.494 e. The van der Waals surface area contributed by atoms with Gasteiger partial charge in [0, 0.05) is 23.1 Å². The molecule has 0 bridgehead atoms. The Hall–Kier alpha value is -4.24. The third-order valence-corrected chi connectivity index (χ3v) is 5.88. The molecule has 0 fully saturated rings. The average molecular weight is 473 g/mol. The van der Waals surface area contributed by atoms with Gasteiger partial charge in [-0.3, -0.25) is 9.59 Å². The summed E-state index contributed by atoms with van der Waals surface area (Å²) in [6, 6.07) is 17.4. The maximum Gasteiger partial charge on any atom is 0.292 e. The maximum absolute atomic E-state index is 12.9. The number of benzene rings is 2. The molecule has 0 saturated heterocycles. The van der Waals surface area contributed by atoms with Crippen LogP contribution in [0, 0.1) is 6.92 Å². The minimum atomic E-state index is -0.549. The van der Waals surface area contributed by atoms with Gasteiger partial charge in [0.05, 0.1) is 23.4 Å². The highest BCUT2D eigenvalue weighted by atomic mass is 32.1. The molecule has 0 aliphatic rings. The quantitative estimate of drug-likeness (QED) is 0.371. The lowest BCUT2D eigenvalue weighted by Gasteiger charge is -2.07. The van der Waals surface area contributed by atoms with E-state index in [2.05, 4.69) is 15.4 Å². The molecule has 9 heteroatoms. The van der Waals surface area contributed by atoms with Crippen molar-refractivity contribution in [1.82, 2.24) is 14.8 Å². The second-order valence-electron chi connectivity index (χ2n) is 7.48. The zero-order valence-corrected chi connectivity index (χ0v) is 19.3. The standard InChI is InChI=1S/C25H20N4O4S/c1-3-32-17-10-8-16(9-11-17)19-14-34-25(26-19)29-23(12-15(2)28-29)27-24(31)22-13-20(30)18-6-4-5-7-21(18)33-22/h4-14H,3H2,1-2H3,(H,27,31). The maximum atomic E-state index is 12.9. The Labute approximate surface area is 198 Å². The molecule has 0 aliphatic carbocycles. The summed E-state index contributed by atoms with van der Waals surface area (Å²) in [6.45, 7) is 4.37. The van der Waals surface area contributed by atoms with Gasteiger partial charge in [0.15, 0.2) is 11.2 Å². The van der Waals surface area contributed by atoms with Gasteiger partial charge in [-0.25, -0.2) is 4.98 Å². The molecule has 3 aromatic heterocycles. The van der Waals surface area contributed by atoms with Crippen molar-refractivity contribution in [2.45, 2.75) is 13.8 Å². The summed E-state index contributed by atoms with van der Waals surface area (Å²) in [5.41, 5.74) is 2.50. The van der Waals surface area contributed by atoms with Crippen LogP contribution >= 0.6 is 11.3 Å². The lowest BCUT2D eigenvalue weighted by molar-refractivity contribution is 0.0996. The van der Waals surface area contributed by atoms with Crippen molar-refractivity contribution in [1.29, 1.82) is 0 Å². The summed E-state index contributed by atoms with van der Waals surface area (Å²) in [7, 11) is 0. The molecule has 0 spiro atoms. The number of hydrogen-bond acceptors (Lipinski definition) is 7. The van der Waals surface area contributed by atoms with E-state index in [4.69, 9.17) is 9.15 Å². The minimum Gasteiger partial charge on any atom is -0.494 e. The first-order valence-electron chi connectivity index (χ1n) is 10.6. The van der Waals surface area contributed by atoms with Gasteiger partial charge in [-0.1, -0.05) is 12.1 Å². The minimum absolute atomic E-state index is 0.0803. The molecule has 1 N–H and O–H groups in total. The van der Waals surface area contributed by atoms with Crippen LogP contribution in [-0.4, -0.2) is 27.3 Å². The van der Waals surface area contributed by atoms with Crippen molar-refractivity contribution < 1.29 is 13.9 Å². The van der Waals surface area contributed by atoms with Crippen LogP contribution in [0.5, 0.6) is 5.75 Å². The number of thiazole rings is 1. The smallest absolute Gasteiger partial charge is 0.292 e. The first kappa shape index (κ1) is 21.6. The summed E-state index contributed by atoms with van der Waals surface area (Å²) < 4.78 is 12.7. The molecule has 5 aromatic rings. The molecule has 34 heavy (non-hydrogen) atoms. The van der Waals surface area contributed by atoms with Gasteiger partial charge >= 0.3 is 0 Å². The molecule has 170 valence electrons. The molecule has 8 nitrogen and oxygen atoms in total. The lowest BCUT2D eigenvalue weighted by Crippen LogP contribution is -2.17. The number of para-hydroxylation sites is 1. The highest BCUT2D eigenvalue weighted by Gasteiger charge is 2.18. The Kier molecular flexibility index (Phi) is 5.69. The van der Waals surface area contributed by atoms with Crippen molar-refractivity contribution >= 4 is 34.0 Å². The molecule has 3 heterocycles. The Bertz CT molecular complexity index is 1550. The molecule has 0 aliphatic heterocycles. The number of anilines is 1. The number of ether oxygens (including phenoxy) is 1. The molecule has 0 atom stereocenters. The molecule has 0 saturated carbocycles. The Balaban J connectivity index is 1.42. The van der Waals surface area contributed by atoms with E-state index >= 15 is 0 Å². The van der Waals surface area contributed by atoms with Crippen molar-refractivity contribution in [3.8, 4) is 22.1 Å². The highest BCUT2D eigenvalue weighted by molar-refractivity contribution is 7.12. The van der Waals surface area contributed by atoms with E-state index in [0.717, 1.165) is 17.0 Å². The molecule has 0 unspecified atom stereocenters. The predicted molar refractivity (Wildman–Crippen MR) is 131 cm³/mol. The van der Waals surface area contributed by atoms with Crippen molar-refractivity contribution in [2.75, 3.05) is 11.9 Å². The third kappa shape index (κ3) is 4.20. The number of carbonyl (C=O) groups is 1. The molecular formula is C25H20N4O4S. The Morgan fingerprint density at radius 2 is 1.94 bits per heavy atom. The summed E-state index contributed by atoms with van der Waals surface area (Å²) in [4.78, 5) is 30.0. The van der Waals surface area contributed by atoms with Crippen LogP contribution < -0.4 is 15.5 Å². The molecule has 5 rings (SSSR count). The van der Waals surface area contributed by atoms with E-state index < -0.39 is 5.91 Å². The van der Waals surface area contributed by atoms with E-state index in [0.29, 0.717) is 34.2 Å². The summed E-state index contributed by atoms with van der Waals surface area (Å²) in [5.74, 6) is 0.594. The van der Waals surface area contributed by atoms with Crippen LogP contribution in [0.15, 0.2) is 75.3 Å². The SMILES string of the molecule is CCOc1ccc(-c2csc(-n3nc(C)cc3NC(=O)c3cc(=O)c4ccccc4o3)n2)cc1. The van der Waals surface area contributed by atoms with E-state index in [9.17, 15) is 9.59 Å². The number of nitrogens with one attached hydrogen (secondary N) is 1. The number of carbonyl (C=O) groups excluding carboxylic acids is 1. The van der Waals surface area contributed by atoms with E-state index in [1.54, 1.807) is 35.0 Å². The van der Waals surface area contributed by atoms with E-state index in [-0.39, 0.29) is 11.2 Å². The van der Waals surface area contributed by atoms with E-state index in [1.807, 2.05) is 43.5 Å². The first-order valence-corrected chi connectivity index (χ1v) is 11.5. The fourth-order valence-electron chi connectivity index (χ4n) is 3.51. The lowest BCUT2D eigenvalue weighted by atomic mass is 10.2. The number of fused-ring (bicyclic) bond motifs is 1. The van der Waals surface area contributed by atoms with E-state index in [1.165, 1.54) is 17.4 Å². The number of nitrogens with zero attached hydrogens (tertiary/aromatic N) is 3. The van der Waals surface area contributed by atoms with Crippen molar-refractivity contribution in [2.24, 2.45) is 0 Å². The topological polar surface area (TPSA) is 99.2 Å². The van der Waals surface area contributed by atoms with Gasteiger partial charge in [-0.05, 0) is 50.2 Å². The number of aryl methyl sites for hydroxylation is 1. The van der Waals surface area contributed by atoms with Gasteiger partial charge in [0.1, 0.15) is 17.2 Å². The highest BCUT2D eigenvalue weighted by Crippen LogP contribution is 2.28. The molecule has 1 amide bonds. The zero-order valence-electron chi connectivity index (χ0n) is 18.4. The number of rotatable bonds is 6. The predicted octanol–water partition coefficient (Wildman–Crippen LogP) is 5.06. The zero-order chi connectivity index (χ0) is 23.7. The normalized spacial score (nSPS) is 11.0. The van der Waals surface area contributed by atoms with Gasteiger partial charge in [0.2, 0.25) is 5.13 Å².